The van der Waals surface area contributed by atoms with Gasteiger partial charge in [-0.3, -0.25) is 0 Å². The molecule has 114 valence electrons. The number of hydrogen-bond acceptors (Lipinski definition) is 4. The Hall–Kier alpha value is -1.26. The summed E-state index contributed by atoms with van der Waals surface area (Å²) in [5.74, 6) is 1.62. The summed E-state index contributed by atoms with van der Waals surface area (Å²) in [6, 6.07) is 6.44. The SMILES string of the molecule is CCOc1cc(CNC(C)C)ccc1OCC(C)CO. The first-order chi connectivity index (χ1) is 9.56. The molecule has 1 rings (SSSR count). The standard InChI is InChI=1S/C16H27NO3/c1-5-19-16-8-14(9-17-12(2)3)6-7-15(16)20-11-13(4)10-18/h6-8,12-13,17-18H,5,9-11H2,1-4H3. The van der Waals surface area contributed by atoms with Crippen molar-refractivity contribution in [2.24, 2.45) is 5.92 Å². The maximum atomic E-state index is 9.03. The second-order valence-electron chi connectivity index (χ2n) is 5.35. The molecule has 1 aromatic carbocycles. The quantitative estimate of drug-likeness (QED) is 0.730. The first-order valence-corrected chi connectivity index (χ1v) is 7.29. The molecule has 2 N–H and O–H groups in total. The van der Waals surface area contributed by atoms with Gasteiger partial charge in [0, 0.05) is 25.1 Å². The molecular formula is C16H27NO3. The zero-order valence-electron chi connectivity index (χ0n) is 13.0. The summed E-state index contributed by atoms with van der Waals surface area (Å²) >= 11 is 0. The van der Waals surface area contributed by atoms with E-state index in [9.17, 15) is 0 Å². The molecule has 0 spiro atoms. The van der Waals surface area contributed by atoms with Gasteiger partial charge in [-0.15, -0.1) is 0 Å². The highest BCUT2D eigenvalue weighted by Crippen LogP contribution is 2.29. The third kappa shape index (κ3) is 5.80. The van der Waals surface area contributed by atoms with E-state index in [2.05, 4.69) is 19.2 Å². The topological polar surface area (TPSA) is 50.7 Å². The fraction of sp³-hybridized carbons (Fsp3) is 0.625. The van der Waals surface area contributed by atoms with Gasteiger partial charge in [0.1, 0.15) is 0 Å². The molecule has 0 radical (unpaired) electrons. The lowest BCUT2D eigenvalue weighted by atomic mass is 10.2. The van der Waals surface area contributed by atoms with Crippen LogP contribution in [0.3, 0.4) is 0 Å². The summed E-state index contributed by atoms with van der Waals surface area (Å²) in [6.07, 6.45) is 0. The van der Waals surface area contributed by atoms with E-state index >= 15 is 0 Å². The summed E-state index contributed by atoms with van der Waals surface area (Å²) in [5.41, 5.74) is 1.17. The van der Waals surface area contributed by atoms with Crippen LogP contribution in [-0.2, 0) is 6.54 Å². The van der Waals surface area contributed by atoms with Crippen molar-refractivity contribution in [3.8, 4) is 11.5 Å². The van der Waals surface area contributed by atoms with E-state index in [1.54, 1.807) is 0 Å². The monoisotopic (exact) mass is 281 g/mol. The van der Waals surface area contributed by atoms with Crippen LogP contribution in [-0.4, -0.2) is 31.0 Å². The van der Waals surface area contributed by atoms with Crippen LogP contribution in [0.2, 0.25) is 0 Å². The Labute approximate surface area is 122 Å². The normalized spacial score (nSPS) is 12.5. The number of benzene rings is 1. The van der Waals surface area contributed by atoms with Crippen molar-refractivity contribution in [1.29, 1.82) is 0 Å². The maximum absolute atomic E-state index is 9.03. The highest BCUT2D eigenvalue weighted by atomic mass is 16.5. The van der Waals surface area contributed by atoms with E-state index < -0.39 is 0 Å². The minimum absolute atomic E-state index is 0.117. The zero-order valence-corrected chi connectivity index (χ0v) is 13.0. The predicted molar refractivity (Wildman–Crippen MR) is 81.3 cm³/mol. The fourth-order valence-electron chi connectivity index (χ4n) is 1.66. The van der Waals surface area contributed by atoms with Gasteiger partial charge in [-0.05, 0) is 24.6 Å². The third-order valence-electron chi connectivity index (χ3n) is 2.86. The van der Waals surface area contributed by atoms with Crippen LogP contribution in [0.25, 0.3) is 0 Å². The van der Waals surface area contributed by atoms with Crippen molar-refractivity contribution in [3.05, 3.63) is 23.8 Å². The molecule has 4 heteroatoms. The number of rotatable bonds is 9. The Morgan fingerprint density at radius 3 is 2.50 bits per heavy atom. The van der Waals surface area contributed by atoms with E-state index in [1.165, 1.54) is 5.56 Å². The van der Waals surface area contributed by atoms with Gasteiger partial charge in [0.2, 0.25) is 0 Å². The van der Waals surface area contributed by atoms with Crippen LogP contribution in [0.4, 0.5) is 0 Å². The molecule has 0 aliphatic carbocycles. The van der Waals surface area contributed by atoms with Gasteiger partial charge in [0.05, 0.1) is 13.2 Å². The van der Waals surface area contributed by atoms with Crippen molar-refractivity contribution in [2.75, 3.05) is 19.8 Å². The molecule has 20 heavy (non-hydrogen) atoms. The van der Waals surface area contributed by atoms with E-state index in [0.717, 1.165) is 18.0 Å². The highest BCUT2D eigenvalue weighted by Gasteiger charge is 2.09. The van der Waals surface area contributed by atoms with Gasteiger partial charge in [0.15, 0.2) is 11.5 Å². The highest BCUT2D eigenvalue weighted by molar-refractivity contribution is 5.43. The van der Waals surface area contributed by atoms with Gasteiger partial charge in [-0.25, -0.2) is 0 Å². The van der Waals surface area contributed by atoms with Crippen LogP contribution in [0, 0.1) is 5.92 Å². The molecule has 0 amide bonds. The Morgan fingerprint density at radius 1 is 1.15 bits per heavy atom. The second-order valence-corrected chi connectivity index (χ2v) is 5.35. The first kappa shape index (κ1) is 16.8. The number of aliphatic hydroxyl groups is 1. The Morgan fingerprint density at radius 2 is 1.90 bits per heavy atom. The van der Waals surface area contributed by atoms with Crippen molar-refractivity contribution < 1.29 is 14.6 Å². The van der Waals surface area contributed by atoms with Gasteiger partial charge in [-0.1, -0.05) is 26.8 Å². The second kappa shape index (κ2) is 8.82. The summed E-state index contributed by atoms with van der Waals surface area (Å²) < 4.78 is 11.4. The smallest absolute Gasteiger partial charge is 0.161 e. The Bertz CT molecular complexity index is 393. The molecular weight excluding hydrogens is 254 g/mol. The number of ether oxygens (including phenoxy) is 2. The minimum atomic E-state index is 0.117. The molecule has 0 fully saturated rings. The van der Waals surface area contributed by atoms with Crippen LogP contribution in [0.5, 0.6) is 11.5 Å². The Kier molecular flexibility index (Phi) is 7.41. The summed E-state index contributed by atoms with van der Waals surface area (Å²) in [6.45, 7) is 10.2. The lowest BCUT2D eigenvalue weighted by molar-refractivity contribution is 0.170. The zero-order chi connectivity index (χ0) is 15.0. The summed E-state index contributed by atoms with van der Waals surface area (Å²) in [7, 11) is 0. The maximum Gasteiger partial charge on any atom is 0.161 e. The molecule has 1 atom stereocenters. The molecule has 0 saturated carbocycles. The minimum Gasteiger partial charge on any atom is -0.490 e. The lowest BCUT2D eigenvalue weighted by Gasteiger charge is -2.16. The predicted octanol–water partition coefficient (Wildman–Crippen LogP) is 2.59. The van der Waals surface area contributed by atoms with Gasteiger partial charge >= 0.3 is 0 Å². The molecule has 0 aliphatic rings. The van der Waals surface area contributed by atoms with Crippen LogP contribution < -0.4 is 14.8 Å². The number of hydrogen-bond donors (Lipinski definition) is 2. The van der Waals surface area contributed by atoms with E-state index in [0.29, 0.717) is 19.3 Å². The lowest BCUT2D eigenvalue weighted by Crippen LogP contribution is -2.21. The van der Waals surface area contributed by atoms with Crippen LogP contribution in [0.15, 0.2) is 18.2 Å². The molecule has 0 saturated heterocycles. The molecule has 1 aromatic rings. The average molecular weight is 281 g/mol. The van der Waals surface area contributed by atoms with Crippen LogP contribution in [0.1, 0.15) is 33.3 Å². The first-order valence-electron chi connectivity index (χ1n) is 7.29. The molecule has 0 aliphatic heterocycles. The molecule has 0 aromatic heterocycles. The molecule has 0 bridgehead atoms. The van der Waals surface area contributed by atoms with Crippen LogP contribution >= 0.6 is 0 Å². The van der Waals surface area contributed by atoms with E-state index in [4.69, 9.17) is 14.6 Å². The van der Waals surface area contributed by atoms with E-state index in [-0.39, 0.29) is 12.5 Å². The average Bonchev–Trinajstić information content (AvgIpc) is 2.44. The van der Waals surface area contributed by atoms with Crippen molar-refractivity contribution in [3.63, 3.8) is 0 Å². The van der Waals surface area contributed by atoms with E-state index in [1.807, 2.05) is 32.0 Å². The summed E-state index contributed by atoms with van der Waals surface area (Å²) in [5, 5.41) is 12.4. The molecule has 1 unspecified atom stereocenters. The van der Waals surface area contributed by atoms with Gasteiger partial charge in [0.25, 0.3) is 0 Å². The number of aliphatic hydroxyl groups excluding tert-OH is 1. The van der Waals surface area contributed by atoms with Gasteiger partial charge < -0.3 is 19.9 Å². The number of nitrogens with one attached hydrogen (secondary N) is 1. The Balaban J connectivity index is 2.73. The van der Waals surface area contributed by atoms with Crippen molar-refractivity contribution in [2.45, 2.75) is 40.3 Å². The molecule has 4 nitrogen and oxygen atoms in total. The molecule has 0 heterocycles. The van der Waals surface area contributed by atoms with Crippen molar-refractivity contribution in [1.82, 2.24) is 5.32 Å². The third-order valence-corrected chi connectivity index (χ3v) is 2.86. The van der Waals surface area contributed by atoms with Crippen molar-refractivity contribution >= 4 is 0 Å². The summed E-state index contributed by atoms with van der Waals surface area (Å²) in [4.78, 5) is 0. The van der Waals surface area contributed by atoms with Gasteiger partial charge in [-0.2, -0.15) is 0 Å². The fourth-order valence-corrected chi connectivity index (χ4v) is 1.66. The largest absolute Gasteiger partial charge is 0.490 e.